The van der Waals surface area contributed by atoms with Gasteiger partial charge in [0, 0.05) is 23.4 Å². The van der Waals surface area contributed by atoms with Gasteiger partial charge in [-0.1, -0.05) is 22.9 Å². The maximum Gasteiger partial charge on any atom is 0.138 e. The van der Waals surface area contributed by atoms with Crippen molar-refractivity contribution < 1.29 is 9.18 Å². The molecule has 1 atom stereocenters. The van der Waals surface area contributed by atoms with E-state index in [9.17, 15) is 9.18 Å². The number of hydrogen-bond donors (Lipinski definition) is 1. The van der Waals surface area contributed by atoms with Crippen molar-refractivity contribution in [1.29, 1.82) is 0 Å². The van der Waals surface area contributed by atoms with Gasteiger partial charge in [-0.25, -0.2) is 4.39 Å². The van der Waals surface area contributed by atoms with Gasteiger partial charge >= 0.3 is 0 Å². The molecule has 16 heavy (non-hydrogen) atoms. The third-order valence-corrected chi connectivity index (χ3v) is 2.80. The molecule has 2 N–H and O–H groups in total. The fraction of sp³-hybridized carbons (Fsp3) is 0.417. The summed E-state index contributed by atoms with van der Waals surface area (Å²) in [5.41, 5.74) is 6.36. The van der Waals surface area contributed by atoms with Gasteiger partial charge in [0.2, 0.25) is 0 Å². The van der Waals surface area contributed by atoms with Crippen LogP contribution in [0.1, 0.15) is 25.3 Å². The molecule has 2 nitrogen and oxygen atoms in total. The van der Waals surface area contributed by atoms with Gasteiger partial charge in [0.15, 0.2) is 0 Å². The van der Waals surface area contributed by atoms with Crippen LogP contribution < -0.4 is 5.73 Å². The fourth-order valence-electron chi connectivity index (χ4n) is 1.45. The number of nitrogens with two attached hydrogens (primary N) is 1. The number of ketones is 1. The highest BCUT2D eigenvalue weighted by Crippen LogP contribution is 2.16. The largest absolute Gasteiger partial charge is 0.327 e. The topological polar surface area (TPSA) is 43.1 Å². The number of carbonyl (C=O) groups excluding carboxylic acids is 1. The lowest BCUT2D eigenvalue weighted by atomic mass is 10.0. The normalized spacial score (nSPS) is 12.5. The van der Waals surface area contributed by atoms with Gasteiger partial charge in [-0.3, -0.25) is 4.79 Å². The number of rotatable bonds is 5. The maximum atomic E-state index is 13.0. The Balaban J connectivity index is 2.62. The molecular formula is C12H15BrFNO. The molecule has 1 aromatic rings. The van der Waals surface area contributed by atoms with Crippen molar-refractivity contribution in [3.05, 3.63) is 34.1 Å². The Hall–Kier alpha value is -0.740. The smallest absolute Gasteiger partial charge is 0.138 e. The van der Waals surface area contributed by atoms with E-state index in [1.807, 2.05) is 6.92 Å². The minimum atomic E-state index is -0.336. The molecule has 1 unspecified atom stereocenters. The van der Waals surface area contributed by atoms with E-state index in [0.29, 0.717) is 16.5 Å². The summed E-state index contributed by atoms with van der Waals surface area (Å²) in [6.45, 7) is 1.94. The molecule has 0 saturated carbocycles. The first-order valence-electron chi connectivity index (χ1n) is 5.23. The molecule has 0 bridgehead atoms. The highest BCUT2D eigenvalue weighted by atomic mass is 79.9. The zero-order valence-electron chi connectivity index (χ0n) is 9.17. The van der Waals surface area contributed by atoms with Crippen LogP contribution >= 0.6 is 15.9 Å². The fourth-order valence-corrected chi connectivity index (χ4v) is 1.96. The molecule has 0 spiro atoms. The first kappa shape index (κ1) is 13.3. The first-order valence-corrected chi connectivity index (χ1v) is 6.02. The van der Waals surface area contributed by atoms with Crippen LogP contribution in [0.5, 0.6) is 0 Å². The number of benzene rings is 1. The standard InChI is InChI=1S/C12H15BrFNO/c1-2-11(15)7-12(16)5-8-3-9(13)6-10(14)4-8/h3-4,6,11H,2,5,7,15H2,1H3. The van der Waals surface area contributed by atoms with E-state index >= 15 is 0 Å². The van der Waals surface area contributed by atoms with Crippen LogP contribution in [-0.4, -0.2) is 11.8 Å². The van der Waals surface area contributed by atoms with Gasteiger partial charge in [0.1, 0.15) is 11.6 Å². The van der Waals surface area contributed by atoms with E-state index < -0.39 is 0 Å². The van der Waals surface area contributed by atoms with Crippen LogP contribution in [-0.2, 0) is 11.2 Å². The lowest BCUT2D eigenvalue weighted by molar-refractivity contribution is -0.118. The molecule has 0 heterocycles. The van der Waals surface area contributed by atoms with E-state index in [4.69, 9.17) is 5.73 Å². The summed E-state index contributed by atoms with van der Waals surface area (Å²) in [5, 5.41) is 0. The number of Topliss-reactive ketones (excluding diaryl/α,β-unsaturated/α-hetero) is 1. The lowest BCUT2D eigenvalue weighted by Gasteiger charge is -2.07. The second kappa shape index (κ2) is 6.11. The van der Waals surface area contributed by atoms with Crippen molar-refractivity contribution in [2.75, 3.05) is 0 Å². The van der Waals surface area contributed by atoms with Crippen LogP contribution in [0.2, 0.25) is 0 Å². The number of carbonyl (C=O) groups is 1. The molecule has 0 amide bonds. The van der Waals surface area contributed by atoms with Gasteiger partial charge < -0.3 is 5.73 Å². The van der Waals surface area contributed by atoms with Gasteiger partial charge in [0.05, 0.1) is 0 Å². The number of halogens is 2. The Labute approximate surface area is 103 Å². The highest BCUT2D eigenvalue weighted by Gasteiger charge is 2.09. The average molecular weight is 288 g/mol. The van der Waals surface area contributed by atoms with Crippen molar-refractivity contribution in [3.63, 3.8) is 0 Å². The van der Waals surface area contributed by atoms with Crippen LogP contribution in [0.3, 0.4) is 0 Å². The van der Waals surface area contributed by atoms with Crippen LogP contribution in [0.25, 0.3) is 0 Å². The molecule has 0 radical (unpaired) electrons. The summed E-state index contributed by atoms with van der Waals surface area (Å²) in [5.74, 6) is -0.288. The zero-order valence-corrected chi connectivity index (χ0v) is 10.8. The molecule has 0 aliphatic carbocycles. The summed E-state index contributed by atoms with van der Waals surface area (Å²) in [7, 11) is 0. The monoisotopic (exact) mass is 287 g/mol. The Kier molecular flexibility index (Phi) is 5.09. The lowest BCUT2D eigenvalue weighted by Crippen LogP contribution is -2.23. The zero-order chi connectivity index (χ0) is 12.1. The third-order valence-electron chi connectivity index (χ3n) is 2.34. The van der Waals surface area contributed by atoms with Crippen LogP contribution in [0.4, 0.5) is 4.39 Å². The third kappa shape index (κ3) is 4.41. The van der Waals surface area contributed by atoms with E-state index in [0.717, 1.165) is 6.42 Å². The summed E-state index contributed by atoms with van der Waals surface area (Å²) < 4.78 is 13.7. The quantitative estimate of drug-likeness (QED) is 0.905. The Morgan fingerprint density at radius 1 is 1.50 bits per heavy atom. The second-order valence-electron chi connectivity index (χ2n) is 3.87. The predicted octanol–water partition coefficient (Wildman–Crippen LogP) is 2.83. The van der Waals surface area contributed by atoms with Crippen molar-refractivity contribution in [3.8, 4) is 0 Å². The average Bonchev–Trinajstić information content (AvgIpc) is 2.15. The van der Waals surface area contributed by atoms with E-state index in [1.165, 1.54) is 12.1 Å². The molecule has 0 aliphatic heterocycles. The van der Waals surface area contributed by atoms with Crippen LogP contribution in [0.15, 0.2) is 22.7 Å². The summed E-state index contributed by atoms with van der Waals surface area (Å²) in [6.07, 6.45) is 1.37. The minimum Gasteiger partial charge on any atom is -0.327 e. The molecule has 88 valence electrons. The summed E-state index contributed by atoms with van der Waals surface area (Å²) >= 11 is 3.19. The van der Waals surface area contributed by atoms with Gasteiger partial charge in [0.25, 0.3) is 0 Å². The van der Waals surface area contributed by atoms with E-state index in [1.54, 1.807) is 6.07 Å². The SMILES string of the molecule is CCC(N)CC(=O)Cc1cc(F)cc(Br)c1. The van der Waals surface area contributed by atoms with Gasteiger partial charge in [-0.05, 0) is 30.2 Å². The highest BCUT2D eigenvalue weighted by molar-refractivity contribution is 9.10. The minimum absolute atomic E-state index is 0.0480. The number of hydrogen-bond acceptors (Lipinski definition) is 2. The maximum absolute atomic E-state index is 13.0. The van der Waals surface area contributed by atoms with Crippen LogP contribution in [0, 0.1) is 5.82 Å². The van der Waals surface area contributed by atoms with Crippen molar-refractivity contribution in [2.24, 2.45) is 5.73 Å². The first-order chi connectivity index (χ1) is 7.51. The van der Waals surface area contributed by atoms with E-state index in [2.05, 4.69) is 15.9 Å². The van der Waals surface area contributed by atoms with Crippen molar-refractivity contribution in [2.45, 2.75) is 32.2 Å². The Bertz CT molecular complexity index is 361. The molecule has 1 rings (SSSR count). The van der Waals surface area contributed by atoms with E-state index in [-0.39, 0.29) is 24.1 Å². The molecular weight excluding hydrogens is 273 g/mol. The predicted molar refractivity (Wildman–Crippen MR) is 65.7 cm³/mol. The summed E-state index contributed by atoms with van der Waals surface area (Å²) in [4.78, 5) is 11.6. The molecule has 0 saturated heterocycles. The molecule has 0 aromatic heterocycles. The molecule has 4 heteroatoms. The Morgan fingerprint density at radius 2 is 2.19 bits per heavy atom. The van der Waals surface area contributed by atoms with Crippen molar-refractivity contribution >= 4 is 21.7 Å². The summed E-state index contributed by atoms with van der Waals surface area (Å²) in [6, 6.07) is 4.40. The molecule has 0 fully saturated rings. The molecule has 0 aliphatic rings. The van der Waals surface area contributed by atoms with Crippen molar-refractivity contribution in [1.82, 2.24) is 0 Å². The molecule has 1 aromatic carbocycles. The Morgan fingerprint density at radius 3 is 2.75 bits per heavy atom. The second-order valence-corrected chi connectivity index (χ2v) is 4.78. The van der Waals surface area contributed by atoms with Gasteiger partial charge in [-0.15, -0.1) is 0 Å². The van der Waals surface area contributed by atoms with Gasteiger partial charge in [-0.2, -0.15) is 0 Å².